The number of nitrogens with two attached hydrogens (primary N) is 1. The number of carboxylic acids is 1. The number of rotatable bonds is 3. The van der Waals surface area contributed by atoms with E-state index in [4.69, 9.17) is 5.73 Å². The summed E-state index contributed by atoms with van der Waals surface area (Å²) < 4.78 is 0. The number of hydrogen-bond acceptors (Lipinski definition) is 4. The highest BCUT2D eigenvalue weighted by atomic mass is 32.2. The van der Waals surface area contributed by atoms with Crippen LogP contribution in [0, 0.1) is 0 Å². The molecular formula is C11H12N2O3S. The molecule has 3 N–H and O–H groups in total. The summed E-state index contributed by atoms with van der Waals surface area (Å²) in [5.74, 6) is -0.892. The summed E-state index contributed by atoms with van der Waals surface area (Å²) in [6.45, 7) is 3.53. The number of hydrogen-bond donors (Lipinski definition) is 2. The Labute approximate surface area is 103 Å². The van der Waals surface area contributed by atoms with Crippen LogP contribution in [-0.2, 0) is 9.59 Å². The number of carboxylic acid groups (broad SMARTS) is 1. The summed E-state index contributed by atoms with van der Waals surface area (Å²) in [7, 11) is 0. The third kappa shape index (κ3) is 1.79. The van der Waals surface area contributed by atoms with Gasteiger partial charge < -0.3 is 10.8 Å². The normalized spacial score (nSPS) is 28.1. The number of aliphatic carboxylic acids is 1. The molecule has 0 aromatic rings. The highest BCUT2D eigenvalue weighted by Gasteiger charge is 2.51. The topological polar surface area (TPSA) is 83.6 Å². The van der Waals surface area contributed by atoms with Crippen LogP contribution in [0.4, 0.5) is 0 Å². The molecule has 2 aliphatic heterocycles. The zero-order valence-electron chi connectivity index (χ0n) is 9.00. The van der Waals surface area contributed by atoms with Crippen molar-refractivity contribution in [3.8, 4) is 0 Å². The molecule has 5 nitrogen and oxygen atoms in total. The Balaban J connectivity index is 2.39. The summed E-state index contributed by atoms with van der Waals surface area (Å²) in [5, 5.41) is 8.93. The molecule has 0 spiro atoms. The van der Waals surface area contributed by atoms with Crippen molar-refractivity contribution in [3.05, 3.63) is 36.1 Å². The predicted octanol–water partition coefficient (Wildman–Crippen LogP) is 0.310. The second-order valence-corrected chi connectivity index (χ2v) is 4.81. The minimum Gasteiger partial charge on any atom is -0.477 e. The van der Waals surface area contributed by atoms with Crippen LogP contribution in [0.15, 0.2) is 36.1 Å². The van der Waals surface area contributed by atoms with E-state index in [-0.39, 0.29) is 17.0 Å². The van der Waals surface area contributed by atoms with E-state index in [0.29, 0.717) is 11.3 Å². The van der Waals surface area contributed by atoms with Gasteiger partial charge in [0, 0.05) is 5.75 Å². The standard InChI is InChI=1S/C11H12N2O3S/c1-2-3-4-6-5-17-10-7(12)9(14)13(10)8(6)11(15)16/h2-4,7,10H,1,5,12H2,(H,15,16)/t7?,10-/m0/s1. The molecule has 1 fully saturated rings. The molecule has 0 aromatic heterocycles. The lowest BCUT2D eigenvalue weighted by molar-refractivity contribution is -0.147. The van der Waals surface area contributed by atoms with Crippen LogP contribution >= 0.6 is 11.8 Å². The SMILES string of the molecule is C=CC=CC1=C(C(=O)O)N2C(=O)C(N)[C@@H]2SC1. The van der Waals surface area contributed by atoms with Gasteiger partial charge >= 0.3 is 5.97 Å². The maximum absolute atomic E-state index is 11.6. The molecule has 0 radical (unpaired) electrons. The van der Waals surface area contributed by atoms with Gasteiger partial charge in [0.15, 0.2) is 0 Å². The molecule has 17 heavy (non-hydrogen) atoms. The van der Waals surface area contributed by atoms with Crippen LogP contribution in [0.5, 0.6) is 0 Å². The van der Waals surface area contributed by atoms with Crippen molar-refractivity contribution in [2.45, 2.75) is 11.4 Å². The number of allylic oxidation sites excluding steroid dienone is 3. The van der Waals surface area contributed by atoms with E-state index in [1.165, 1.54) is 16.7 Å². The van der Waals surface area contributed by atoms with E-state index in [1.54, 1.807) is 18.2 Å². The highest BCUT2D eigenvalue weighted by molar-refractivity contribution is 8.00. The van der Waals surface area contributed by atoms with Crippen LogP contribution in [0.3, 0.4) is 0 Å². The molecule has 2 aliphatic rings. The summed E-state index contributed by atoms with van der Waals surface area (Å²) in [6.07, 6.45) is 4.88. The van der Waals surface area contributed by atoms with Crippen LogP contribution in [0.1, 0.15) is 0 Å². The second-order valence-electron chi connectivity index (χ2n) is 3.71. The first kappa shape index (κ1) is 11.9. The quantitative estimate of drug-likeness (QED) is 0.558. The molecule has 2 heterocycles. The molecular weight excluding hydrogens is 240 g/mol. The maximum atomic E-state index is 11.6. The molecule has 2 rings (SSSR count). The average molecular weight is 252 g/mol. The highest BCUT2D eigenvalue weighted by Crippen LogP contribution is 2.39. The Morgan fingerprint density at radius 1 is 1.65 bits per heavy atom. The molecule has 1 amide bonds. The zero-order valence-corrected chi connectivity index (χ0v) is 9.81. The van der Waals surface area contributed by atoms with Crippen molar-refractivity contribution in [1.82, 2.24) is 4.90 Å². The minimum atomic E-state index is -1.10. The second kappa shape index (κ2) is 4.38. The van der Waals surface area contributed by atoms with Gasteiger partial charge in [0.25, 0.3) is 0 Å². The fourth-order valence-corrected chi connectivity index (χ4v) is 3.12. The third-order valence-corrected chi connectivity index (χ3v) is 4.00. The number of amides is 1. The predicted molar refractivity (Wildman–Crippen MR) is 65.1 cm³/mol. The van der Waals surface area contributed by atoms with Crippen molar-refractivity contribution in [2.75, 3.05) is 5.75 Å². The summed E-state index contributed by atoms with van der Waals surface area (Å²) in [5.41, 5.74) is 6.27. The fourth-order valence-electron chi connectivity index (χ4n) is 1.85. The van der Waals surface area contributed by atoms with Crippen molar-refractivity contribution in [1.29, 1.82) is 0 Å². The lowest BCUT2D eigenvalue weighted by Crippen LogP contribution is -2.68. The van der Waals surface area contributed by atoms with E-state index in [9.17, 15) is 14.7 Å². The Hall–Kier alpha value is -1.53. The fraction of sp³-hybridized carbons (Fsp3) is 0.273. The number of fused-ring (bicyclic) bond motifs is 1. The lowest BCUT2D eigenvalue weighted by atomic mass is 10.0. The van der Waals surface area contributed by atoms with E-state index >= 15 is 0 Å². The van der Waals surface area contributed by atoms with Crippen molar-refractivity contribution in [3.63, 3.8) is 0 Å². The molecule has 2 atom stereocenters. The first-order chi connectivity index (χ1) is 8.07. The number of nitrogens with zero attached hydrogens (tertiary/aromatic N) is 1. The number of thioether (sulfide) groups is 1. The van der Waals surface area contributed by atoms with E-state index < -0.39 is 12.0 Å². The largest absolute Gasteiger partial charge is 0.477 e. The number of carbonyl (C=O) groups is 2. The molecule has 1 saturated heterocycles. The first-order valence-corrected chi connectivity index (χ1v) is 6.08. The zero-order chi connectivity index (χ0) is 12.6. The Morgan fingerprint density at radius 2 is 2.35 bits per heavy atom. The maximum Gasteiger partial charge on any atom is 0.352 e. The van der Waals surface area contributed by atoms with Gasteiger partial charge in [-0.2, -0.15) is 0 Å². The first-order valence-electron chi connectivity index (χ1n) is 5.03. The van der Waals surface area contributed by atoms with Crippen molar-refractivity contribution >= 4 is 23.6 Å². The molecule has 6 heteroatoms. The Morgan fingerprint density at radius 3 is 2.94 bits per heavy atom. The van der Waals surface area contributed by atoms with Crippen LogP contribution in [-0.4, -0.2) is 39.1 Å². The molecule has 0 saturated carbocycles. The van der Waals surface area contributed by atoms with Crippen molar-refractivity contribution in [2.24, 2.45) is 5.73 Å². The molecule has 0 bridgehead atoms. The summed E-state index contributed by atoms with van der Waals surface area (Å²) in [6, 6.07) is -0.584. The molecule has 0 aliphatic carbocycles. The van der Waals surface area contributed by atoms with Gasteiger partial charge in [-0.25, -0.2) is 4.79 Å². The monoisotopic (exact) mass is 252 g/mol. The lowest BCUT2D eigenvalue weighted by Gasteiger charge is -2.47. The van der Waals surface area contributed by atoms with Gasteiger partial charge in [-0.15, -0.1) is 11.8 Å². The molecule has 0 aromatic carbocycles. The minimum absolute atomic E-state index is 0.0403. The van der Waals surface area contributed by atoms with E-state index in [2.05, 4.69) is 6.58 Å². The van der Waals surface area contributed by atoms with Gasteiger partial charge in [0.05, 0.1) is 0 Å². The molecule has 1 unspecified atom stereocenters. The third-order valence-electron chi connectivity index (χ3n) is 2.68. The molecule has 90 valence electrons. The Kier molecular flexibility index (Phi) is 3.08. The average Bonchev–Trinajstić information content (AvgIpc) is 2.33. The summed E-state index contributed by atoms with van der Waals surface area (Å²) in [4.78, 5) is 24.1. The van der Waals surface area contributed by atoms with E-state index in [1.807, 2.05) is 0 Å². The van der Waals surface area contributed by atoms with Crippen LogP contribution < -0.4 is 5.73 Å². The Bertz CT molecular complexity index is 456. The van der Waals surface area contributed by atoms with Gasteiger partial charge in [0.2, 0.25) is 5.91 Å². The number of β-lactam (4-membered cyclic amide) rings is 1. The van der Waals surface area contributed by atoms with Gasteiger partial charge in [-0.05, 0) is 5.57 Å². The van der Waals surface area contributed by atoms with Gasteiger partial charge in [-0.1, -0.05) is 24.8 Å². The van der Waals surface area contributed by atoms with Crippen molar-refractivity contribution < 1.29 is 14.7 Å². The summed E-state index contributed by atoms with van der Waals surface area (Å²) >= 11 is 1.48. The van der Waals surface area contributed by atoms with Crippen LogP contribution in [0.25, 0.3) is 0 Å². The van der Waals surface area contributed by atoms with E-state index in [0.717, 1.165) is 0 Å². The van der Waals surface area contributed by atoms with Crippen LogP contribution in [0.2, 0.25) is 0 Å². The van der Waals surface area contributed by atoms with Gasteiger partial charge in [0.1, 0.15) is 17.1 Å². The van der Waals surface area contributed by atoms with Gasteiger partial charge in [-0.3, -0.25) is 9.69 Å². The number of carbonyl (C=O) groups excluding carboxylic acids is 1. The smallest absolute Gasteiger partial charge is 0.352 e.